The first kappa shape index (κ1) is 14.2. The van der Waals surface area contributed by atoms with E-state index in [9.17, 15) is 8.42 Å². The Hall–Kier alpha value is -0.170. The predicted octanol–water partition coefficient (Wildman–Crippen LogP) is -0.143. The standard InChI is InChI=1S/C12H25N3O2S/c1-15-7-4-12(9-15)8-14-18(16,17)10-11-2-5-13-6-3-11/h11-14H,2-10H2,1H3. The number of rotatable bonds is 5. The summed E-state index contributed by atoms with van der Waals surface area (Å²) in [6.45, 7) is 4.61. The third kappa shape index (κ3) is 4.50. The van der Waals surface area contributed by atoms with Crippen molar-refractivity contribution in [3.8, 4) is 0 Å². The molecule has 2 saturated heterocycles. The minimum atomic E-state index is -3.08. The van der Waals surface area contributed by atoms with E-state index in [2.05, 4.69) is 22.0 Å². The van der Waals surface area contributed by atoms with Crippen LogP contribution < -0.4 is 10.0 Å². The van der Waals surface area contributed by atoms with Crippen LogP contribution in [0.3, 0.4) is 0 Å². The smallest absolute Gasteiger partial charge is 0.211 e. The van der Waals surface area contributed by atoms with Gasteiger partial charge in [-0.3, -0.25) is 0 Å². The molecule has 0 aromatic heterocycles. The predicted molar refractivity (Wildman–Crippen MR) is 73.0 cm³/mol. The number of likely N-dealkylation sites (tertiary alicyclic amines) is 1. The lowest BCUT2D eigenvalue weighted by Gasteiger charge is -2.22. The number of sulfonamides is 1. The van der Waals surface area contributed by atoms with Gasteiger partial charge in [0.25, 0.3) is 0 Å². The van der Waals surface area contributed by atoms with E-state index in [1.807, 2.05) is 0 Å². The summed E-state index contributed by atoms with van der Waals surface area (Å²) in [6, 6.07) is 0. The van der Waals surface area contributed by atoms with E-state index in [4.69, 9.17) is 0 Å². The van der Waals surface area contributed by atoms with Crippen molar-refractivity contribution in [2.24, 2.45) is 11.8 Å². The third-order valence-corrected chi connectivity index (χ3v) is 5.51. The van der Waals surface area contributed by atoms with Gasteiger partial charge in [0.2, 0.25) is 10.0 Å². The van der Waals surface area contributed by atoms with E-state index in [0.717, 1.165) is 45.4 Å². The highest BCUT2D eigenvalue weighted by Crippen LogP contribution is 2.15. The lowest BCUT2D eigenvalue weighted by molar-refractivity contribution is 0.390. The Balaban J connectivity index is 1.73. The van der Waals surface area contributed by atoms with Crippen molar-refractivity contribution < 1.29 is 8.42 Å². The fraction of sp³-hybridized carbons (Fsp3) is 1.00. The van der Waals surface area contributed by atoms with Crippen LogP contribution in [0.25, 0.3) is 0 Å². The van der Waals surface area contributed by atoms with Crippen molar-refractivity contribution >= 4 is 10.0 Å². The molecule has 0 aliphatic carbocycles. The Kier molecular flexibility index (Phi) is 5.00. The van der Waals surface area contributed by atoms with Gasteiger partial charge in [-0.05, 0) is 57.8 Å². The Morgan fingerprint density at radius 1 is 1.22 bits per heavy atom. The van der Waals surface area contributed by atoms with Gasteiger partial charge in [-0.2, -0.15) is 0 Å². The molecule has 2 N–H and O–H groups in total. The molecule has 0 bridgehead atoms. The molecule has 0 saturated carbocycles. The summed E-state index contributed by atoms with van der Waals surface area (Å²) in [5.74, 6) is 1.12. The van der Waals surface area contributed by atoms with Gasteiger partial charge in [0.15, 0.2) is 0 Å². The second-order valence-corrected chi connectivity index (χ2v) is 7.59. The summed E-state index contributed by atoms with van der Waals surface area (Å²) >= 11 is 0. The molecule has 2 rings (SSSR count). The maximum absolute atomic E-state index is 12.0. The van der Waals surface area contributed by atoms with Gasteiger partial charge < -0.3 is 10.2 Å². The van der Waals surface area contributed by atoms with Gasteiger partial charge in [0.1, 0.15) is 0 Å². The van der Waals surface area contributed by atoms with E-state index in [-0.39, 0.29) is 0 Å². The SMILES string of the molecule is CN1CCC(CNS(=O)(=O)CC2CCNCC2)C1. The second kappa shape index (κ2) is 6.32. The van der Waals surface area contributed by atoms with Crippen LogP contribution in [0.4, 0.5) is 0 Å². The Bertz CT molecular complexity index is 352. The van der Waals surface area contributed by atoms with Crippen molar-refractivity contribution in [3.63, 3.8) is 0 Å². The molecule has 2 aliphatic rings. The third-order valence-electron chi connectivity index (χ3n) is 3.99. The average Bonchev–Trinajstić information content (AvgIpc) is 2.74. The molecule has 106 valence electrons. The highest BCUT2D eigenvalue weighted by Gasteiger charge is 2.24. The van der Waals surface area contributed by atoms with Crippen LogP contribution in [0, 0.1) is 11.8 Å². The summed E-state index contributed by atoms with van der Waals surface area (Å²) < 4.78 is 26.8. The Labute approximate surface area is 110 Å². The first-order valence-corrected chi connectivity index (χ1v) is 8.57. The molecular formula is C12H25N3O2S. The molecule has 5 nitrogen and oxygen atoms in total. The Morgan fingerprint density at radius 3 is 2.56 bits per heavy atom. The summed E-state index contributed by atoms with van der Waals surface area (Å²) in [5, 5.41) is 3.26. The second-order valence-electron chi connectivity index (χ2n) is 5.74. The highest BCUT2D eigenvalue weighted by atomic mass is 32.2. The van der Waals surface area contributed by atoms with Gasteiger partial charge in [0, 0.05) is 13.1 Å². The van der Waals surface area contributed by atoms with E-state index in [1.165, 1.54) is 0 Å². The van der Waals surface area contributed by atoms with E-state index in [0.29, 0.717) is 24.1 Å². The normalized spacial score (nSPS) is 27.7. The van der Waals surface area contributed by atoms with E-state index in [1.54, 1.807) is 0 Å². The summed E-state index contributed by atoms with van der Waals surface area (Å²) in [6.07, 6.45) is 3.06. The van der Waals surface area contributed by atoms with Gasteiger partial charge in [-0.15, -0.1) is 0 Å². The van der Waals surface area contributed by atoms with E-state index < -0.39 is 10.0 Å². The average molecular weight is 275 g/mol. The first-order valence-electron chi connectivity index (χ1n) is 6.92. The summed E-state index contributed by atoms with van der Waals surface area (Å²) in [7, 11) is -0.996. The first-order chi connectivity index (χ1) is 8.55. The topological polar surface area (TPSA) is 61.4 Å². The zero-order valence-electron chi connectivity index (χ0n) is 11.2. The molecule has 2 aliphatic heterocycles. The zero-order valence-corrected chi connectivity index (χ0v) is 12.0. The lowest BCUT2D eigenvalue weighted by atomic mass is 10.0. The van der Waals surface area contributed by atoms with Gasteiger partial charge in [-0.25, -0.2) is 13.1 Å². The highest BCUT2D eigenvalue weighted by molar-refractivity contribution is 7.89. The maximum atomic E-state index is 12.0. The quantitative estimate of drug-likeness (QED) is 0.733. The van der Waals surface area contributed by atoms with Gasteiger partial charge in [-0.1, -0.05) is 0 Å². The molecule has 2 heterocycles. The van der Waals surface area contributed by atoms with Crippen LogP contribution in [0.5, 0.6) is 0 Å². The number of nitrogens with zero attached hydrogens (tertiary/aromatic N) is 1. The van der Waals surface area contributed by atoms with Crippen LogP contribution in [0.1, 0.15) is 19.3 Å². The number of piperidine rings is 1. The Morgan fingerprint density at radius 2 is 1.94 bits per heavy atom. The minimum absolute atomic E-state index is 0.303. The number of hydrogen-bond acceptors (Lipinski definition) is 4. The van der Waals surface area contributed by atoms with Crippen molar-refractivity contribution in [1.82, 2.24) is 14.9 Å². The van der Waals surface area contributed by atoms with Crippen LogP contribution >= 0.6 is 0 Å². The van der Waals surface area contributed by atoms with Crippen LogP contribution in [0.2, 0.25) is 0 Å². The summed E-state index contributed by atoms with van der Waals surface area (Å²) in [4.78, 5) is 2.26. The van der Waals surface area contributed by atoms with Crippen molar-refractivity contribution in [2.45, 2.75) is 19.3 Å². The molecule has 1 atom stereocenters. The molecule has 0 radical (unpaired) electrons. The molecule has 1 unspecified atom stereocenters. The molecule has 0 aromatic carbocycles. The fourth-order valence-electron chi connectivity index (χ4n) is 2.86. The molecule has 0 amide bonds. The van der Waals surface area contributed by atoms with Crippen LogP contribution in [-0.4, -0.2) is 58.8 Å². The lowest BCUT2D eigenvalue weighted by Crippen LogP contribution is -2.37. The minimum Gasteiger partial charge on any atom is -0.317 e. The van der Waals surface area contributed by atoms with Gasteiger partial charge in [0.05, 0.1) is 5.75 Å². The number of hydrogen-bond donors (Lipinski definition) is 2. The number of nitrogens with one attached hydrogen (secondary N) is 2. The molecule has 2 fully saturated rings. The summed E-state index contributed by atoms with van der Waals surface area (Å²) in [5.41, 5.74) is 0. The fourth-order valence-corrected chi connectivity index (χ4v) is 4.42. The van der Waals surface area contributed by atoms with Crippen LogP contribution in [0.15, 0.2) is 0 Å². The largest absolute Gasteiger partial charge is 0.317 e. The molecule has 6 heteroatoms. The van der Waals surface area contributed by atoms with E-state index >= 15 is 0 Å². The van der Waals surface area contributed by atoms with Crippen molar-refractivity contribution in [1.29, 1.82) is 0 Å². The van der Waals surface area contributed by atoms with Gasteiger partial charge >= 0.3 is 0 Å². The molecule has 18 heavy (non-hydrogen) atoms. The monoisotopic (exact) mass is 275 g/mol. The van der Waals surface area contributed by atoms with Crippen molar-refractivity contribution in [2.75, 3.05) is 45.5 Å². The zero-order chi connectivity index (χ0) is 13.0. The molecule has 0 spiro atoms. The van der Waals surface area contributed by atoms with Crippen LogP contribution in [-0.2, 0) is 10.0 Å². The molecular weight excluding hydrogens is 250 g/mol. The van der Waals surface area contributed by atoms with Crippen molar-refractivity contribution in [3.05, 3.63) is 0 Å². The maximum Gasteiger partial charge on any atom is 0.211 e. The molecule has 0 aromatic rings.